The van der Waals surface area contributed by atoms with Crippen LogP contribution in [-0.2, 0) is 27.9 Å². The van der Waals surface area contributed by atoms with Gasteiger partial charge in [0.15, 0.2) is 0 Å². The molecule has 0 aliphatic rings. The Kier molecular flexibility index (Phi) is 60.8. The van der Waals surface area contributed by atoms with E-state index in [1.54, 1.807) is 0 Å². The number of rotatable bonds is 61. The number of nitrogens with zero attached hydrogens (tertiary/aromatic N) is 1. The van der Waals surface area contributed by atoms with Crippen molar-refractivity contribution in [1.82, 2.24) is 5.32 Å². The second-order valence-electron chi connectivity index (χ2n) is 23.9. The third-order valence-corrected chi connectivity index (χ3v) is 15.5. The fourth-order valence-electron chi connectivity index (χ4n) is 9.26. The monoisotopic (exact) mass is 1210 g/mol. The number of carbonyl (C=O) groups is 2. The van der Waals surface area contributed by atoms with Gasteiger partial charge in [-0.15, -0.1) is 0 Å². The molecular formula is C76H130N2O7P+. The summed E-state index contributed by atoms with van der Waals surface area (Å²) in [5.74, 6) is -0.549. The third-order valence-electron chi connectivity index (χ3n) is 14.5. The summed E-state index contributed by atoms with van der Waals surface area (Å²) in [6.45, 7) is 6.76. The molecular weight excluding hydrogens is 1080 g/mol. The highest BCUT2D eigenvalue weighted by Gasteiger charge is 2.30. The molecule has 0 rings (SSSR count). The molecule has 9 nitrogen and oxygen atoms in total. The van der Waals surface area contributed by atoms with Crippen LogP contribution in [-0.4, -0.2) is 74.3 Å². The summed E-state index contributed by atoms with van der Waals surface area (Å²) in [6, 6.07) is -0.875. The molecule has 3 atom stereocenters. The summed E-state index contributed by atoms with van der Waals surface area (Å²) in [7, 11) is 1.46. The minimum absolute atomic E-state index is 0.0265. The van der Waals surface area contributed by atoms with Gasteiger partial charge in [0.25, 0.3) is 0 Å². The van der Waals surface area contributed by atoms with Crippen molar-refractivity contribution < 1.29 is 37.3 Å². The van der Waals surface area contributed by atoms with Gasteiger partial charge in [-0.1, -0.05) is 276 Å². The Morgan fingerprint density at radius 3 is 1.12 bits per heavy atom. The number of hydrogen-bond donors (Lipinski definition) is 2. The summed E-state index contributed by atoms with van der Waals surface area (Å²) < 4.78 is 30.8. The number of nitrogens with one attached hydrogen (secondary N) is 1. The van der Waals surface area contributed by atoms with E-state index in [2.05, 4.69) is 160 Å². The van der Waals surface area contributed by atoms with Crippen molar-refractivity contribution in [3.63, 3.8) is 0 Å². The van der Waals surface area contributed by atoms with Crippen LogP contribution in [0.4, 0.5) is 0 Å². The molecule has 0 heterocycles. The van der Waals surface area contributed by atoms with Gasteiger partial charge in [-0.25, -0.2) is 4.57 Å². The van der Waals surface area contributed by atoms with Crippen molar-refractivity contribution in [2.45, 2.75) is 283 Å². The van der Waals surface area contributed by atoms with Gasteiger partial charge in [0.1, 0.15) is 19.3 Å². The molecule has 3 unspecified atom stereocenters. The lowest BCUT2D eigenvalue weighted by molar-refractivity contribution is -0.870. The maximum atomic E-state index is 13.6. The standard InChI is InChI=1S/C76H129N2O7P/c1-7-10-13-16-19-22-25-28-30-32-34-36-38-39-41-42-44-46-48-50-53-56-59-62-65-68-75(79)77-73(72-84-86(81,82)83-71-70-78(4,5)6)74(67-64-61-58-55-52-27-24-21-18-15-12-9-3)85-76(80)69-66-63-60-57-54-51-49-47-45-43-40-37-35-33-31-29-26-23-20-17-14-11-8-2/h10-11,13-14,19-20,22-23,28-31,34-37,39,41,43,45,49,51,64,67,73-74H,7-9,12,15-18,21,24-27,32-33,38,40,42,44,46-48,50,52-63,65-66,68-72H2,1-6H3,(H-,77,79,81,82)/p+1/b13-10-,14-11-,22-19-,23-20-,30-28-,31-29-,36-34-,37-35-,41-39-,45-43-,51-49-,67-64+. The molecule has 0 aromatic carbocycles. The topological polar surface area (TPSA) is 111 Å². The highest BCUT2D eigenvalue weighted by Crippen LogP contribution is 2.43. The van der Waals surface area contributed by atoms with Crippen LogP contribution in [0.1, 0.15) is 271 Å². The zero-order chi connectivity index (χ0) is 62.8. The van der Waals surface area contributed by atoms with Crippen molar-refractivity contribution >= 4 is 19.7 Å². The smallest absolute Gasteiger partial charge is 0.456 e. The van der Waals surface area contributed by atoms with Gasteiger partial charge >= 0.3 is 13.8 Å². The van der Waals surface area contributed by atoms with E-state index in [1.165, 1.54) is 83.5 Å². The van der Waals surface area contributed by atoms with Crippen LogP contribution in [0.2, 0.25) is 0 Å². The lowest BCUT2D eigenvalue weighted by Gasteiger charge is -2.27. The molecule has 1 amide bonds. The number of likely N-dealkylation sites (N-methyl/N-ethyl adjacent to an activating group) is 1. The summed E-state index contributed by atoms with van der Waals surface area (Å²) in [5.41, 5.74) is 0. The van der Waals surface area contributed by atoms with E-state index in [-0.39, 0.29) is 31.5 Å². The van der Waals surface area contributed by atoms with Crippen LogP contribution in [0.5, 0.6) is 0 Å². The first kappa shape index (κ1) is 81.9. The molecule has 0 saturated carbocycles. The maximum Gasteiger partial charge on any atom is 0.472 e. The number of phosphoric acid groups is 1. The first-order valence-electron chi connectivity index (χ1n) is 34.7. The van der Waals surface area contributed by atoms with Crippen LogP contribution in [0.15, 0.2) is 146 Å². The summed E-state index contributed by atoms with van der Waals surface area (Å²) >= 11 is 0. The van der Waals surface area contributed by atoms with E-state index in [9.17, 15) is 19.0 Å². The average Bonchev–Trinajstić information content (AvgIpc) is 3.69. The van der Waals surface area contributed by atoms with Gasteiger partial charge in [-0.05, 0) is 128 Å². The number of hydrogen-bond acceptors (Lipinski definition) is 6. The number of carbonyl (C=O) groups excluding carboxylic acids is 2. The number of esters is 1. The molecule has 0 radical (unpaired) electrons. The molecule has 0 fully saturated rings. The van der Waals surface area contributed by atoms with Crippen molar-refractivity contribution in [3.8, 4) is 0 Å². The summed E-state index contributed by atoms with van der Waals surface area (Å²) in [5, 5.41) is 3.06. The first-order valence-corrected chi connectivity index (χ1v) is 36.2. The molecule has 0 saturated heterocycles. The Bertz CT molecular complexity index is 1980. The van der Waals surface area contributed by atoms with Gasteiger partial charge in [-0.3, -0.25) is 18.6 Å². The number of unbranched alkanes of at least 4 members (excludes halogenated alkanes) is 23. The van der Waals surface area contributed by atoms with E-state index >= 15 is 0 Å². The van der Waals surface area contributed by atoms with Crippen molar-refractivity contribution in [2.24, 2.45) is 0 Å². The molecule has 0 spiro atoms. The summed E-state index contributed by atoms with van der Waals surface area (Å²) in [4.78, 5) is 37.9. The van der Waals surface area contributed by atoms with Crippen LogP contribution in [0.3, 0.4) is 0 Å². The number of amides is 1. The van der Waals surface area contributed by atoms with Crippen molar-refractivity contribution in [2.75, 3.05) is 40.9 Å². The molecule has 490 valence electrons. The average molecular weight is 1210 g/mol. The van der Waals surface area contributed by atoms with Crippen LogP contribution < -0.4 is 5.32 Å². The zero-order valence-electron chi connectivity index (χ0n) is 56.0. The van der Waals surface area contributed by atoms with Crippen LogP contribution >= 0.6 is 7.82 Å². The second kappa shape index (κ2) is 63.9. The van der Waals surface area contributed by atoms with E-state index < -0.39 is 20.0 Å². The van der Waals surface area contributed by atoms with Crippen LogP contribution in [0, 0.1) is 0 Å². The van der Waals surface area contributed by atoms with Gasteiger partial charge in [0, 0.05) is 12.8 Å². The number of ether oxygens (including phenoxy) is 1. The quantitative estimate of drug-likeness (QED) is 0.0205. The summed E-state index contributed by atoms with van der Waals surface area (Å²) in [6.07, 6.45) is 92.8. The van der Waals surface area contributed by atoms with E-state index in [0.717, 1.165) is 148 Å². The molecule has 0 aliphatic carbocycles. The Morgan fingerprint density at radius 2 is 0.744 bits per heavy atom. The van der Waals surface area contributed by atoms with E-state index in [1.807, 2.05) is 33.3 Å². The van der Waals surface area contributed by atoms with Crippen molar-refractivity contribution in [3.05, 3.63) is 146 Å². The lowest BCUT2D eigenvalue weighted by Crippen LogP contribution is -2.47. The first-order chi connectivity index (χ1) is 41.9. The van der Waals surface area contributed by atoms with Crippen molar-refractivity contribution in [1.29, 1.82) is 0 Å². The number of allylic oxidation sites excluding steroid dienone is 23. The maximum absolute atomic E-state index is 13.6. The molecule has 0 aliphatic heterocycles. The Balaban J connectivity index is 5.19. The Labute approximate surface area is 529 Å². The van der Waals surface area contributed by atoms with E-state index in [4.69, 9.17) is 13.8 Å². The molecule has 0 bridgehead atoms. The van der Waals surface area contributed by atoms with Gasteiger partial charge in [0.2, 0.25) is 5.91 Å². The zero-order valence-corrected chi connectivity index (χ0v) is 56.9. The molecule has 86 heavy (non-hydrogen) atoms. The SMILES string of the molecule is CC/C=C\C/C=C\C/C=C\C/C=C\C/C=C\C/C=C\CCCCCCC(=O)OC(/C=C/CCCCCCCCCCCC)C(COP(=O)(O)OCC[N+](C)(C)C)NC(=O)CCCCCCCCCCC/C=C\C/C=C\C/C=C\C/C=C\C/C=C\CC. The van der Waals surface area contributed by atoms with Crippen LogP contribution in [0.25, 0.3) is 0 Å². The van der Waals surface area contributed by atoms with Gasteiger partial charge in [0.05, 0.1) is 33.8 Å². The lowest BCUT2D eigenvalue weighted by atomic mass is 10.0. The van der Waals surface area contributed by atoms with Gasteiger partial charge in [-0.2, -0.15) is 0 Å². The highest BCUT2D eigenvalue weighted by atomic mass is 31.2. The number of quaternary nitrogens is 1. The molecule has 2 N–H and O–H groups in total. The second-order valence-corrected chi connectivity index (χ2v) is 25.4. The Morgan fingerprint density at radius 1 is 0.419 bits per heavy atom. The predicted octanol–water partition coefficient (Wildman–Crippen LogP) is 22.2. The Hall–Kier alpha value is -4.11. The molecule has 0 aromatic rings. The largest absolute Gasteiger partial charge is 0.472 e. The fourth-order valence-corrected chi connectivity index (χ4v) is 10.00. The fraction of sp³-hybridized carbons (Fsp3) is 0.658. The minimum atomic E-state index is -4.47. The third kappa shape index (κ3) is 64.4. The minimum Gasteiger partial charge on any atom is -0.456 e. The normalized spacial score (nSPS) is 14.5. The van der Waals surface area contributed by atoms with E-state index in [0.29, 0.717) is 23.9 Å². The molecule has 0 aromatic heterocycles. The molecule has 10 heteroatoms. The number of phosphoric ester groups is 1. The predicted molar refractivity (Wildman–Crippen MR) is 373 cm³/mol. The highest BCUT2D eigenvalue weighted by molar-refractivity contribution is 7.47. The van der Waals surface area contributed by atoms with Gasteiger partial charge < -0.3 is 19.4 Å².